The second-order valence-corrected chi connectivity index (χ2v) is 5.53. The van der Waals surface area contributed by atoms with E-state index in [-0.39, 0.29) is 11.9 Å². The summed E-state index contributed by atoms with van der Waals surface area (Å²) >= 11 is 0. The molecule has 114 valence electrons. The van der Waals surface area contributed by atoms with Crippen LogP contribution in [0.3, 0.4) is 0 Å². The van der Waals surface area contributed by atoms with Crippen molar-refractivity contribution in [1.82, 2.24) is 5.32 Å². The Labute approximate surface area is 122 Å². The quantitative estimate of drug-likeness (QED) is 0.708. The average molecular weight is 281 g/mol. The molecular formula is C17H28FNO. The number of nitrogens with one attached hydrogen (secondary N) is 1. The topological polar surface area (TPSA) is 21.3 Å². The summed E-state index contributed by atoms with van der Waals surface area (Å²) in [6.45, 7) is 7.58. The molecule has 1 rings (SSSR count). The normalized spacial score (nSPS) is 14.1. The molecular weight excluding hydrogens is 253 g/mol. The van der Waals surface area contributed by atoms with Crippen molar-refractivity contribution >= 4 is 0 Å². The highest BCUT2D eigenvalue weighted by molar-refractivity contribution is 5.31. The molecule has 20 heavy (non-hydrogen) atoms. The zero-order chi connectivity index (χ0) is 15.0. The number of rotatable bonds is 9. The Morgan fingerprint density at radius 3 is 2.55 bits per heavy atom. The largest absolute Gasteiger partial charge is 0.494 e. The monoisotopic (exact) mass is 281 g/mol. The van der Waals surface area contributed by atoms with Crippen molar-refractivity contribution in [3.63, 3.8) is 0 Å². The summed E-state index contributed by atoms with van der Waals surface area (Å²) in [6, 6.07) is 5.51. The van der Waals surface area contributed by atoms with Gasteiger partial charge in [-0.15, -0.1) is 0 Å². The first-order valence-electron chi connectivity index (χ1n) is 7.69. The van der Waals surface area contributed by atoms with Gasteiger partial charge in [-0.1, -0.05) is 39.7 Å². The Bertz CT molecular complexity index is 395. The van der Waals surface area contributed by atoms with Crippen molar-refractivity contribution in [2.45, 2.75) is 52.5 Å². The van der Waals surface area contributed by atoms with Gasteiger partial charge in [-0.2, -0.15) is 0 Å². The Balaban J connectivity index is 2.83. The van der Waals surface area contributed by atoms with E-state index < -0.39 is 0 Å². The van der Waals surface area contributed by atoms with Crippen molar-refractivity contribution in [3.8, 4) is 5.75 Å². The molecule has 3 heteroatoms. The van der Waals surface area contributed by atoms with Gasteiger partial charge in [-0.25, -0.2) is 4.39 Å². The fourth-order valence-electron chi connectivity index (χ4n) is 2.57. The highest BCUT2D eigenvalue weighted by atomic mass is 19.1. The van der Waals surface area contributed by atoms with E-state index in [1.165, 1.54) is 20.0 Å². The molecule has 0 fully saturated rings. The average Bonchev–Trinajstić information content (AvgIpc) is 2.43. The number of hydrogen-bond donors (Lipinski definition) is 1. The van der Waals surface area contributed by atoms with Gasteiger partial charge in [0.15, 0.2) is 11.6 Å². The Morgan fingerprint density at radius 1 is 1.25 bits per heavy atom. The maximum atomic E-state index is 13.9. The summed E-state index contributed by atoms with van der Waals surface area (Å²) in [7, 11) is 1.49. The SMILES string of the molecule is CCCNC(CC(C)CCC)c1ccc(OC)c(F)c1. The van der Waals surface area contributed by atoms with E-state index in [9.17, 15) is 4.39 Å². The third-order valence-electron chi connectivity index (χ3n) is 3.64. The maximum absolute atomic E-state index is 13.9. The van der Waals surface area contributed by atoms with Crippen LogP contribution in [0.25, 0.3) is 0 Å². The number of halogens is 1. The van der Waals surface area contributed by atoms with Crippen LogP contribution in [0.4, 0.5) is 4.39 Å². The second kappa shape index (κ2) is 8.96. The third-order valence-corrected chi connectivity index (χ3v) is 3.64. The van der Waals surface area contributed by atoms with Crippen LogP contribution in [-0.2, 0) is 0 Å². The molecule has 0 aliphatic rings. The highest BCUT2D eigenvalue weighted by Gasteiger charge is 2.16. The van der Waals surface area contributed by atoms with Crippen molar-refractivity contribution < 1.29 is 9.13 Å². The molecule has 2 unspecified atom stereocenters. The van der Waals surface area contributed by atoms with E-state index in [0.29, 0.717) is 11.7 Å². The van der Waals surface area contributed by atoms with Gasteiger partial charge >= 0.3 is 0 Å². The summed E-state index contributed by atoms with van der Waals surface area (Å²) < 4.78 is 18.9. The lowest BCUT2D eigenvalue weighted by atomic mass is 9.92. The van der Waals surface area contributed by atoms with Gasteiger partial charge in [0.1, 0.15) is 0 Å². The molecule has 1 aromatic carbocycles. The standard InChI is InChI=1S/C17H28FNO/c1-5-7-13(3)11-16(19-10-6-2)14-8-9-17(20-4)15(18)12-14/h8-9,12-13,16,19H,5-7,10-11H2,1-4H3. The van der Waals surface area contributed by atoms with E-state index in [0.717, 1.165) is 24.9 Å². The smallest absolute Gasteiger partial charge is 0.165 e. The summed E-state index contributed by atoms with van der Waals surface area (Å²) in [5.41, 5.74) is 1.01. The molecule has 1 aromatic rings. The predicted molar refractivity (Wildman–Crippen MR) is 82.7 cm³/mol. The van der Waals surface area contributed by atoms with E-state index in [1.807, 2.05) is 6.07 Å². The minimum Gasteiger partial charge on any atom is -0.494 e. The molecule has 0 bridgehead atoms. The fourth-order valence-corrected chi connectivity index (χ4v) is 2.57. The summed E-state index contributed by atoms with van der Waals surface area (Å²) in [4.78, 5) is 0. The molecule has 0 aliphatic heterocycles. The van der Waals surface area contributed by atoms with Crippen molar-refractivity contribution in [2.24, 2.45) is 5.92 Å². The first-order chi connectivity index (χ1) is 9.62. The number of hydrogen-bond acceptors (Lipinski definition) is 2. The minimum atomic E-state index is -0.281. The van der Waals surface area contributed by atoms with Crippen molar-refractivity contribution in [3.05, 3.63) is 29.6 Å². The van der Waals surface area contributed by atoms with Gasteiger partial charge < -0.3 is 10.1 Å². The fraction of sp³-hybridized carbons (Fsp3) is 0.647. The number of ether oxygens (including phenoxy) is 1. The molecule has 0 aromatic heterocycles. The van der Waals surface area contributed by atoms with Crippen LogP contribution in [0.5, 0.6) is 5.75 Å². The first-order valence-corrected chi connectivity index (χ1v) is 7.69. The molecule has 1 N–H and O–H groups in total. The summed E-state index contributed by atoms with van der Waals surface area (Å²) in [6.07, 6.45) is 4.53. The van der Waals surface area contributed by atoms with Gasteiger partial charge in [0.05, 0.1) is 7.11 Å². The van der Waals surface area contributed by atoms with E-state index in [4.69, 9.17) is 4.74 Å². The zero-order valence-electron chi connectivity index (χ0n) is 13.2. The molecule has 2 nitrogen and oxygen atoms in total. The molecule has 0 saturated carbocycles. The van der Waals surface area contributed by atoms with Gasteiger partial charge in [-0.3, -0.25) is 0 Å². The summed E-state index contributed by atoms with van der Waals surface area (Å²) in [5.74, 6) is 0.667. The maximum Gasteiger partial charge on any atom is 0.165 e. The van der Waals surface area contributed by atoms with Crippen LogP contribution in [0.1, 0.15) is 58.1 Å². The van der Waals surface area contributed by atoms with Crippen LogP contribution in [0.15, 0.2) is 18.2 Å². The summed E-state index contributed by atoms with van der Waals surface area (Å²) in [5, 5.41) is 3.53. The molecule has 0 radical (unpaired) electrons. The van der Waals surface area contributed by atoms with E-state index >= 15 is 0 Å². The van der Waals surface area contributed by atoms with Gasteiger partial charge in [-0.05, 0) is 43.0 Å². The van der Waals surface area contributed by atoms with Crippen LogP contribution in [0, 0.1) is 11.7 Å². The van der Waals surface area contributed by atoms with E-state index in [2.05, 4.69) is 26.1 Å². The van der Waals surface area contributed by atoms with Crippen LogP contribution < -0.4 is 10.1 Å². The van der Waals surface area contributed by atoms with Gasteiger partial charge in [0.2, 0.25) is 0 Å². The lowest BCUT2D eigenvalue weighted by Crippen LogP contribution is -2.24. The molecule has 0 heterocycles. The minimum absolute atomic E-state index is 0.219. The third kappa shape index (κ3) is 5.12. The lowest BCUT2D eigenvalue weighted by molar-refractivity contribution is 0.377. The lowest BCUT2D eigenvalue weighted by Gasteiger charge is -2.23. The number of benzene rings is 1. The van der Waals surface area contributed by atoms with Crippen molar-refractivity contribution in [2.75, 3.05) is 13.7 Å². The Morgan fingerprint density at radius 2 is 2.00 bits per heavy atom. The van der Waals surface area contributed by atoms with E-state index in [1.54, 1.807) is 12.1 Å². The zero-order valence-corrected chi connectivity index (χ0v) is 13.2. The molecule has 2 atom stereocenters. The molecule has 0 saturated heterocycles. The Kier molecular flexibility index (Phi) is 7.60. The van der Waals surface area contributed by atoms with Gasteiger partial charge in [0, 0.05) is 6.04 Å². The molecule has 0 spiro atoms. The number of methoxy groups -OCH3 is 1. The van der Waals surface area contributed by atoms with Crippen LogP contribution >= 0.6 is 0 Å². The second-order valence-electron chi connectivity index (χ2n) is 5.53. The van der Waals surface area contributed by atoms with Crippen LogP contribution in [-0.4, -0.2) is 13.7 Å². The molecule has 0 aliphatic carbocycles. The first kappa shape index (κ1) is 17.0. The predicted octanol–water partition coefficient (Wildman–Crippen LogP) is 4.70. The Hall–Kier alpha value is -1.09. The molecule has 0 amide bonds. The van der Waals surface area contributed by atoms with Crippen molar-refractivity contribution in [1.29, 1.82) is 0 Å². The highest BCUT2D eigenvalue weighted by Crippen LogP contribution is 2.27. The van der Waals surface area contributed by atoms with Crippen LogP contribution in [0.2, 0.25) is 0 Å². The van der Waals surface area contributed by atoms with Gasteiger partial charge in [0.25, 0.3) is 0 Å².